The molecule has 2 unspecified atom stereocenters. The molecule has 1 aliphatic rings. The van der Waals surface area contributed by atoms with Gasteiger partial charge < -0.3 is 14.2 Å². The van der Waals surface area contributed by atoms with Gasteiger partial charge in [0.2, 0.25) is 0 Å². The summed E-state index contributed by atoms with van der Waals surface area (Å²) in [7, 11) is 3.99. The largest absolute Gasteiger partial charge is 0.465 e. The first-order valence-electron chi connectivity index (χ1n) is 10.3. The van der Waals surface area contributed by atoms with E-state index >= 15 is 0 Å². The molecule has 166 valence electrons. The highest BCUT2D eigenvalue weighted by Gasteiger charge is 2.41. The van der Waals surface area contributed by atoms with Crippen molar-refractivity contribution in [3.8, 4) is 0 Å². The molecule has 0 bridgehead atoms. The van der Waals surface area contributed by atoms with E-state index in [1.165, 1.54) is 0 Å². The molecule has 2 heterocycles. The molecule has 0 saturated carbocycles. The van der Waals surface area contributed by atoms with Crippen LogP contribution in [0.5, 0.6) is 0 Å². The summed E-state index contributed by atoms with van der Waals surface area (Å²) < 4.78 is 7.01. The van der Waals surface area contributed by atoms with E-state index in [-0.39, 0.29) is 12.2 Å². The van der Waals surface area contributed by atoms with Crippen molar-refractivity contribution in [2.24, 2.45) is 10.9 Å². The molecule has 8 heteroatoms. The Morgan fingerprint density at radius 3 is 2.68 bits per heavy atom. The predicted octanol–water partition coefficient (Wildman–Crippen LogP) is 4.52. The van der Waals surface area contributed by atoms with Crippen LogP contribution in [-0.4, -0.2) is 48.4 Å². The average Bonchev–Trinajstić information content (AvgIpc) is 2.71. The minimum absolute atomic E-state index is 0.178. The number of hydrogen-bond acceptors (Lipinski definition) is 5. The Balaban J connectivity index is 2.19. The topological polar surface area (TPSA) is 63.9 Å². The Labute approximate surface area is 192 Å². The van der Waals surface area contributed by atoms with E-state index in [1.54, 1.807) is 42.8 Å². The van der Waals surface area contributed by atoms with Crippen LogP contribution in [0.3, 0.4) is 0 Å². The number of aliphatic imine (C=N–C) groups is 1. The van der Waals surface area contributed by atoms with Crippen molar-refractivity contribution in [1.82, 2.24) is 9.47 Å². The number of carbonyl (C=O) groups is 1. The van der Waals surface area contributed by atoms with Gasteiger partial charge in [0.25, 0.3) is 5.56 Å². The van der Waals surface area contributed by atoms with Crippen LogP contribution in [0.25, 0.3) is 0 Å². The van der Waals surface area contributed by atoms with Gasteiger partial charge in [0.15, 0.2) is 0 Å². The molecule has 0 radical (unpaired) electrons. The molecule has 0 amide bonds. The van der Waals surface area contributed by atoms with E-state index in [2.05, 4.69) is 9.89 Å². The second-order valence-electron chi connectivity index (χ2n) is 7.87. The minimum atomic E-state index is -0.756. The number of ether oxygens (including phenoxy) is 1. The molecule has 2 aromatic rings. The fraction of sp³-hybridized carbons (Fsp3) is 0.435. The van der Waals surface area contributed by atoms with Crippen LogP contribution >= 0.6 is 23.2 Å². The number of aromatic nitrogens is 1. The third kappa shape index (κ3) is 4.86. The molecule has 1 aliphatic heterocycles. The van der Waals surface area contributed by atoms with E-state index in [1.807, 2.05) is 20.2 Å². The van der Waals surface area contributed by atoms with E-state index in [9.17, 15) is 9.59 Å². The van der Waals surface area contributed by atoms with Crippen LogP contribution in [0.4, 0.5) is 5.69 Å². The number of aryl methyl sites for hydroxylation is 1. The molecule has 0 fully saturated rings. The number of pyridine rings is 1. The molecule has 31 heavy (non-hydrogen) atoms. The lowest BCUT2D eigenvalue weighted by molar-refractivity contribution is -0.146. The van der Waals surface area contributed by atoms with E-state index < -0.39 is 17.8 Å². The van der Waals surface area contributed by atoms with Crippen molar-refractivity contribution in [1.29, 1.82) is 0 Å². The first-order valence-corrected chi connectivity index (χ1v) is 11.1. The van der Waals surface area contributed by atoms with Gasteiger partial charge in [-0.2, -0.15) is 0 Å². The van der Waals surface area contributed by atoms with Crippen molar-refractivity contribution in [3.63, 3.8) is 0 Å². The average molecular weight is 464 g/mol. The molecular formula is C23H27Cl2N3O3. The molecule has 0 N–H and O–H groups in total. The summed E-state index contributed by atoms with van der Waals surface area (Å²) in [5.74, 6) is -1.82. The van der Waals surface area contributed by atoms with Crippen LogP contribution in [-0.2, 0) is 16.1 Å². The molecule has 0 saturated heterocycles. The summed E-state index contributed by atoms with van der Waals surface area (Å²) in [5, 5.41) is 0.692. The van der Waals surface area contributed by atoms with Gasteiger partial charge in [-0.1, -0.05) is 35.3 Å². The van der Waals surface area contributed by atoms with Gasteiger partial charge in [0.05, 0.1) is 27.9 Å². The summed E-state index contributed by atoms with van der Waals surface area (Å²) >= 11 is 12.8. The highest BCUT2D eigenvalue weighted by Crippen LogP contribution is 2.44. The second-order valence-corrected chi connectivity index (χ2v) is 8.66. The first-order chi connectivity index (χ1) is 14.8. The van der Waals surface area contributed by atoms with E-state index in [4.69, 9.17) is 27.9 Å². The Hall–Kier alpha value is -2.15. The quantitative estimate of drug-likeness (QED) is 0.566. The van der Waals surface area contributed by atoms with Gasteiger partial charge in [0.1, 0.15) is 5.92 Å². The number of nitrogens with zero attached hydrogens (tertiary/aromatic N) is 3. The van der Waals surface area contributed by atoms with Crippen molar-refractivity contribution in [2.75, 3.05) is 27.2 Å². The Morgan fingerprint density at radius 1 is 1.26 bits per heavy atom. The van der Waals surface area contributed by atoms with Crippen molar-refractivity contribution in [2.45, 2.75) is 32.7 Å². The van der Waals surface area contributed by atoms with Gasteiger partial charge in [-0.05, 0) is 58.6 Å². The number of fused-ring (bicyclic) bond motifs is 1. The maximum atomic E-state index is 13.6. The highest BCUT2D eigenvalue weighted by atomic mass is 35.5. The summed E-state index contributed by atoms with van der Waals surface area (Å²) in [6, 6.07) is 7.08. The normalized spacial score (nSPS) is 18.0. The Morgan fingerprint density at radius 2 is 2.00 bits per heavy atom. The minimum Gasteiger partial charge on any atom is -0.465 e. The molecule has 2 atom stereocenters. The standard InChI is InChI=1S/C23H27Cl2N3O3/c1-5-31-23(30)18-14(2)26-17-10-13-28(12-7-11-27(3)4)22(29)20(17)19(18)15-8-6-9-16(24)21(15)25/h6,8-10,13,18-19H,5,7,11-12H2,1-4H3. The summed E-state index contributed by atoms with van der Waals surface area (Å²) in [6.07, 6.45) is 2.58. The smallest absolute Gasteiger partial charge is 0.315 e. The number of carbonyl (C=O) groups excluding carboxylic acids is 1. The summed E-state index contributed by atoms with van der Waals surface area (Å²) in [5.41, 5.74) is 2.01. The Bertz CT molecular complexity index is 1060. The zero-order chi connectivity index (χ0) is 22.7. The molecule has 3 rings (SSSR count). The third-order valence-corrected chi connectivity index (χ3v) is 6.27. The zero-order valence-electron chi connectivity index (χ0n) is 18.2. The third-order valence-electron chi connectivity index (χ3n) is 5.43. The van der Waals surface area contributed by atoms with Crippen molar-refractivity contribution < 1.29 is 9.53 Å². The number of esters is 1. The first kappa shape index (κ1) is 23.5. The monoisotopic (exact) mass is 463 g/mol. The van der Waals surface area contributed by atoms with Crippen molar-refractivity contribution in [3.05, 3.63) is 62.0 Å². The number of rotatable bonds is 7. The van der Waals surface area contributed by atoms with Gasteiger partial charge in [-0.15, -0.1) is 0 Å². The fourth-order valence-corrected chi connectivity index (χ4v) is 4.43. The maximum Gasteiger partial charge on any atom is 0.315 e. The lowest BCUT2D eigenvalue weighted by Gasteiger charge is -2.31. The van der Waals surface area contributed by atoms with E-state index in [0.29, 0.717) is 39.1 Å². The van der Waals surface area contributed by atoms with Gasteiger partial charge >= 0.3 is 5.97 Å². The highest BCUT2D eigenvalue weighted by molar-refractivity contribution is 6.42. The van der Waals surface area contributed by atoms with Crippen LogP contribution in [0, 0.1) is 5.92 Å². The maximum absolute atomic E-state index is 13.6. The molecule has 0 aliphatic carbocycles. The molecular weight excluding hydrogens is 437 g/mol. The SMILES string of the molecule is CCOC(=O)C1C(C)=Nc2ccn(CCCN(C)C)c(=O)c2C1c1cccc(Cl)c1Cl. The Kier molecular flexibility index (Phi) is 7.57. The van der Waals surface area contributed by atoms with Gasteiger partial charge in [-0.25, -0.2) is 0 Å². The summed E-state index contributed by atoms with van der Waals surface area (Å²) in [6.45, 7) is 5.18. The van der Waals surface area contributed by atoms with Crippen LogP contribution in [0.2, 0.25) is 10.0 Å². The molecule has 1 aromatic heterocycles. The van der Waals surface area contributed by atoms with Crippen LogP contribution < -0.4 is 5.56 Å². The lowest BCUT2D eigenvalue weighted by atomic mass is 9.76. The number of hydrogen-bond donors (Lipinski definition) is 0. The van der Waals surface area contributed by atoms with Crippen LogP contribution in [0.1, 0.15) is 37.3 Å². The predicted molar refractivity (Wildman–Crippen MR) is 125 cm³/mol. The van der Waals surface area contributed by atoms with Gasteiger partial charge in [0, 0.05) is 24.4 Å². The molecule has 1 aromatic carbocycles. The van der Waals surface area contributed by atoms with E-state index in [0.717, 1.165) is 13.0 Å². The fourth-order valence-electron chi connectivity index (χ4n) is 4.01. The zero-order valence-corrected chi connectivity index (χ0v) is 19.7. The van der Waals surface area contributed by atoms with Crippen molar-refractivity contribution >= 4 is 40.6 Å². The lowest BCUT2D eigenvalue weighted by Crippen LogP contribution is -2.38. The van der Waals surface area contributed by atoms with Crippen LogP contribution in [0.15, 0.2) is 40.2 Å². The summed E-state index contributed by atoms with van der Waals surface area (Å²) in [4.78, 5) is 33.2. The number of halogens is 2. The molecule has 6 nitrogen and oxygen atoms in total. The molecule has 0 spiro atoms. The second kappa shape index (κ2) is 9.98. The van der Waals surface area contributed by atoms with Gasteiger partial charge in [-0.3, -0.25) is 14.6 Å². The number of benzene rings is 1.